The summed E-state index contributed by atoms with van der Waals surface area (Å²) >= 11 is 0. The number of carbonyl (C=O) groups is 2. The molecule has 1 aliphatic heterocycles. The van der Waals surface area contributed by atoms with Gasteiger partial charge < -0.3 is 14.2 Å². The van der Waals surface area contributed by atoms with Gasteiger partial charge in [0, 0.05) is 24.2 Å². The minimum Gasteiger partial charge on any atom is -0.468 e. The molecule has 0 radical (unpaired) electrons. The summed E-state index contributed by atoms with van der Waals surface area (Å²) in [4.78, 5) is 40.1. The molecule has 118 valence electrons. The molecule has 0 N–H and O–H groups in total. The number of aromatic nitrogens is 2. The first kappa shape index (κ1) is 14.6. The van der Waals surface area contributed by atoms with Crippen LogP contribution in [0.2, 0.25) is 0 Å². The summed E-state index contributed by atoms with van der Waals surface area (Å²) in [6.07, 6.45) is 1.51. The van der Waals surface area contributed by atoms with Gasteiger partial charge in [-0.15, -0.1) is 0 Å². The first-order chi connectivity index (χ1) is 10.4. The maximum absolute atomic E-state index is 12.3. The van der Waals surface area contributed by atoms with E-state index in [1.807, 2.05) is 0 Å². The molecule has 2 unspecified atom stereocenters. The van der Waals surface area contributed by atoms with E-state index in [1.165, 1.54) is 14.2 Å². The van der Waals surface area contributed by atoms with Gasteiger partial charge in [-0.05, 0) is 13.3 Å². The van der Waals surface area contributed by atoms with Crippen molar-refractivity contribution in [1.29, 1.82) is 0 Å². The first-order valence-electron chi connectivity index (χ1n) is 6.87. The molecule has 0 saturated heterocycles. The third kappa shape index (κ3) is 1.76. The van der Waals surface area contributed by atoms with Crippen LogP contribution >= 0.6 is 0 Å². The lowest BCUT2D eigenvalue weighted by molar-refractivity contribution is -0.174. The molecular weight excluding hydrogens is 292 g/mol. The van der Waals surface area contributed by atoms with Gasteiger partial charge in [0.2, 0.25) is 5.41 Å². The zero-order valence-electron chi connectivity index (χ0n) is 12.5. The smallest absolute Gasteiger partial charge is 0.327 e. The minimum absolute atomic E-state index is 0.117. The van der Waals surface area contributed by atoms with Crippen LogP contribution in [0.25, 0.3) is 0 Å². The van der Waals surface area contributed by atoms with Gasteiger partial charge in [0.15, 0.2) is 0 Å². The average Bonchev–Trinajstić information content (AvgIpc) is 2.83. The number of rotatable bonds is 2. The van der Waals surface area contributed by atoms with Gasteiger partial charge in [-0.1, -0.05) is 0 Å². The highest BCUT2D eigenvalue weighted by Crippen LogP contribution is 2.51. The Bertz CT molecular complexity index is 694. The maximum Gasteiger partial charge on any atom is 0.327 e. The number of aryl methyl sites for hydroxylation is 1. The molecule has 0 aromatic carbocycles. The van der Waals surface area contributed by atoms with Crippen LogP contribution in [0, 0.1) is 12.3 Å². The predicted octanol–water partition coefficient (Wildman–Crippen LogP) is -0.0200. The zero-order valence-corrected chi connectivity index (χ0v) is 12.5. The van der Waals surface area contributed by atoms with E-state index in [0.717, 1.165) is 0 Å². The van der Waals surface area contributed by atoms with Crippen LogP contribution in [0.1, 0.15) is 24.4 Å². The Balaban J connectivity index is 2.10. The van der Waals surface area contributed by atoms with E-state index in [9.17, 15) is 14.4 Å². The molecule has 3 rings (SSSR count). The molecule has 2 atom stereocenters. The predicted molar refractivity (Wildman–Crippen MR) is 72.4 cm³/mol. The van der Waals surface area contributed by atoms with Gasteiger partial charge in [-0.25, -0.2) is 0 Å². The van der Waals surface area contributed by atoms with Gasteiger partial charge in [-0.3, -0.25) is 19.0 Å². The van der Waals surface area contributed by atoms with Crippen LogP contribution in [0.4, 0.5) is 0 Å². The maximum atomic E-state index is 12.3. The zero-order chi connectivity index (χ0) is 16.1. The van der Waals surface area contributed by atoms with Crippen LogP contribution in [-0.2, 0) is 19.1 Å². The lowest BCUT2D eigenvalue weighted by Crippen LogP contribution is -2.49. The van der Waals surface area contributed by atoms with Crippen LogP contribution in [0.3, 0.4) is 0 Å². The number of esters is 2. The highest BCUT2D eigenvalue weighted by molar-refractivity contribution is 6.01. The van der Waals surface area contributed by atoms with Gasteiger partial charge >= 0.3 is 11.9 Å². The van der Waals surface area contributed by atoms with Gasteiger partial charge in [0.25, 0.3) is 11.6 Å². The largest absolute Gasteiger partial charge is 0.468 e. The Kier molecular flexibility index (Phi) is 3.19. The number of fused-ring (bicyclic) bond motifs is 4. The number of methoxy groups -OCH3 is 2. The third-order valence-corrected chi connectivity index (χ3v) is 4.42. The van der Waals surface area contributed by atoms with Gasteiger partial charge in [0.05, 0.1) is 14.2 Å². The van der Waals surface area contributed by atoms with Crippen molar-refractivity contribution in [3.63, 3.8) is 0 Å². The molecule has 1 saturated carbocycles. The van der Waals surface area contributed by atoms with Gasteiger partial charge in [-0.2, -0.15) is 4.98 Å². The Morgan fingerprint density at radius 2 is 2.00 bits per heavy atom. The second-order valence-corrected chi connectivity index (χ2v) is 5.57. The number of carbonyl (C=O) groups excluding carboxylic acids is 2. The number of hydrogen-bond donors (Lipinski definition) is 0. The van der Waals surface area contributed by atoms with E-state index < -0.39 is 29.0 Å². The topological polar surface area (TPSA) is 96.7 Å². The Morgan fingerprint density at radius 3 is 2.59 bits per heavy atom. The molecule has 0 amide bonds. The van der Waals surface area contributed by atoms with Crippen molar-refractivity contribution < 1.29 is 23.8 Å². The van der Waals surface area contributed by atoms with E-state index >= 15 is 0 Å². The van der Waals surface area contributed by atoms with E-state index in [2.05, 4.69) is 4.98 Å². The summed E-state index contributed by atoms with van der Waals surface area (Å²) in [7, 11) is 2.43. The fourth-order valence-corrected chi connectivity index (χ4v) is 3.30. The summed E-state index contributed by atoms with van der Waals surface area (Å²) in [6.45, 7) is 1.65. The normalized spacial score (nSPS) is 24.1. The highest BCUT2D eigenvalue weighted by atomic mass is 16.6. The molecule has 2 heterocycles. The average molecular weight is 308 g/mol. The Labute approximate surface area is 126 Å². The van der Waals surface area contributed by atoms with Crippen molar-refractivity contribution in [3.05, 3.63) is 22.1 Å². The van der Waals surface area contributed by atoms with Crippen molar-refractivity contribution in [1.82, 2.24) is 9.55 Å². The van der Waals surface area contributed by atoms with Crippen molar-refractivity contribution >= 4 is 11.9 Å². The Hall–Kier alpha value is -2.38. The number of hydrogen-bond acceptors (Lipinski definition) is 7. The molecular formula is C14H16N2O6. The fraction of sp³-hybridized carbons (Fsp3) is 0.571. The first-order valence-corrected chi connectivity index (χ1v) is 6.87. The van der Waals surface area contributed by atoms with Crippen LogP contribution in [0.15, 0.2) is 11.0 Å². The number of ether oxygens (including phenoxy) is 3. The SMILES string of the molecule is COC(=O)C1(C(=O)OC)CC2CC1Oc1nc(=O)c(C)cn12. The van der Waals surface area contributed by atoms with E-state index in [1.54, 1.807) is 17.7 Å². The summed E-state index contributed by atoms with van der Waals surface area (Å²) in [5.41, 5.74) is -1.45. The number of nitrogens with zero attached hydrogens (tertiary/aromatic N) is 2. The molecule has 2 aliphatic rings. The lowest BCUT2D eigenvalue weighted by Gasteiger charge is -2.30. The summed E-state index contributed by atoms with van der Waals surface area (Å²) in [5, 5.41) is 0. The molecule has 8 heteroatoms. The standard InChI is InChI=1S/C14H16N2O6/c1-7-6-16-8-4-9(22-13(16)15-10(7)17)14(5-8,11(18)20-2)12(19)21-3/h6,8-9H,4-5H2,1-3H3. The molecule has 1 aromatic rings. The monoisotopic (exact) mass is 308 g/mol. The van der Waals surface area contributed by atoms with Crippen molar-refractivity contribution in [2.75, 3.05) is 14.2 Å². The molecule has 8 nitrogen and oxygen atoms in total. The van der Waals surface area contributed by atoms with Crippen LogP contribution in [-0.4, -0.2) is 41.8 Å². The highest BCUT2D eigenvalue weighted by Gasteiger charge is 2.64. The molecule has 0 spiro atoms. The van der Waals surface area contributed by atoms with Crippen LogP contribution in [0.5, 0.6) is 6.01 Å². The summed E-state index contributed by atoms with van der Waals surface area (Å²) < 4.78 is 17.0. The van der Waals surface area contributed by atoms with E-state index in [0.29, 0.717) is 12.0 Å². The lowest BCUT2D eigenvalue weighted by atomic mass is 9.84. The molecule has 1 aliphatic carbocycles. The van der Waals surface area contributed by atoms with Crippen molar-refractivity contribution in [2.24, 2.45) is 5.41 Å². The third-order valence-electron chi connectivity index (χ3n) is 4.42. The quantitative estimate of drug-likeness (QED) is 0.559. The minimum atomic E-state index is -1.53. The van der Waals surface area contributed by atoms with E-state index in [-0.39, 0.29) is 18.5 Å². The van der Waals surface area contributed by atoms with Crippen molar-refractivity contribution in [3.8, 4) is 6.01 Å². The van der Waals surface area contributed by atoms with Gasteiger partial charge in [0.1, 0.15) is 6.10 Å². The second kappa shape index (κ2) is 4.82. The summed E-state index contributed by atoms with van der Waals surface area (Å²) in [6, 6.07) is -0.0646. The fourth-order valence-electron chi connectivity index (χ4n) is 3.30. The molecule has 1 fully saturated rings. The second-order valence-electron chi connectivity index (χ2n) is 5.57. The van der Waals surface area contributed by atoms with Crippen molar-refractivity contribution in [2.45, 2.75) is 31.9 Å². The molecule has 2 bridgehead atoms. The molecule has 22 heavy (non-hydrogen) atoms. The summed E-state index contributed by atoms with van der Waals surface area (Å²) in [5.74, 6) is -1.39. The van der Waals surface area contributed by atoms with Crippen LogP contribution < -0.4 is 10.3 Å². The van der Waals surface area contributed by atoms with E-state index in [4.69, 9.17) is 14.2 Å². The molecule has 1 aromatic heterocycles. The Morgan fingerprint density at radius 1 is 1.36 bits per heavy atom.